The highest BCUT2D eigenvalue weighted by molar-refractivity contribution is 9.10. The van der Waals surface area contributed by atoms with Gasteiger partial charge in [-0.15, -0.1) is 0 Å². The van der Waals surface area contributed by atoms with E-state index in [-0.39, 0.29) is 5.56 Å². The maximum atomic E-state index is 13.2. The van der Waals surface area contributed by atoms with Crippen LogP contribution in [0.1, 0.15) is 5.76 Å². The number of aromatic nitrogens is 2. The molecule has 0 bridgehead atoms. The predicted octanol–water partition coefficient (Wildman–Crippen LogP) is 6.62. The molecule has 0 N–H and O–H groups in total. The summed E-state index contributed by atoms with van der Waals surface area (Å²) in [5.41, 5.74) is 2.00. The van der Waals surface area contributed by atoms with Crippen molar-refractivity contribution in [2.75, 3.05) is 0 Å². The van der Waals surface area contributed by atoms with E-state index in [1.54, 1.807) is 12.1 Å². The maximum Gasteiger partial charge on any atom is 0.282 e. The summed E-state index contributed by atoms with van der Waals surface area (Å²) < 4.78 is 8.01. The number of furan rings is 1. The molecule has 0 aliphatic carbocycles. The fourth-order valence-corrected chi connectivity index (χ4v) is 3.77. The Balaban J connectivity index is 1.58. The Morgan fingerprint density at radius 2 is 1.72 bits per heavy atom. The van der Waals surface area contributed by atoms with Gasteiger partial charge in [-0.1, -0.05) is 60.1 Å². The first kappa shape index (κ1) is 20.4. The largest absolute Gasteiger partial charge is 0.455 e. The number of benzene rings is 3. The zero-order valence-electron chi connectivity index (χ0n) is 16.6. The standard InChI is InChI=1S/C25H15BrClN3O2/c26-20-12-10-17(14-21(20)27)23-13-11-18(32-23)15-28-30-24(16-6-2-1-3-7-16)29-22-9-5-4-8-19(22)25(30)31/h1-15H. The van der Waals surface area contributed by atoms with Gasteiger partial charge < -0.3 is 4.42 Å². The average molecular weight is 505 g/mol. The molecular weight excluding hydrogens is 490 g/mol. The molecule has 0 amide bonds. The monoisotopic (exact) mass is 503 g/mol. The molecule has 2 heterocycles. The van der Waals surface area contributed by atoms with Gasteiger partial charge in [0.15, 0.2) is 5.82 Å². The molecule has 0 saturated heterocycles. The summed E-state index contributed by atoms with van der Waals surface area (Å²) in [4.78, 5) is 17.9. The quantitative estimate of drug-likeness (QED) is 0.258. The van der Waals surface area contributed by atoms with Gasteiger partial charge >= 0.3 is 0 Å². The molecule has 0 radical (unpaired) electrons. The lowest BCUT2D eigenvalue weighted by molar-refractivity contribution is 0.574. The van der Waals surface area contributed by atoms with Gasteiger partial charge in [-0.2, -0.15) is 9.78 Å². The third-order valence-electron chi connectivity index (χ3n) is 4.92. The summed E-state index contributed by atoms with van der Waals surface area (Å²) in [5, 5.41) is 5.52. The molecule has 3 aromatic carbocycles. The second kappa shape index (κ2) is 8.57. The van der Waals surface area contributed by atoms with Crippen LogP contribution in [0.3, 0.4) is 0 Å². The number of halogens is 2. The first-order chi connectivity index (χ1) is 15.6. The van der Waals surface area contributed by atoms with Gasteiger partial charge in [-0.25, -0.2) is 4.98 Å². The van der Waals surface area contributed by atoms with E-state index in [4.69, 9.17) is 16.0 Å². The molecular formula is C25H15BrClN3O2. The lowest BCUT2D eigenvalue weighted by Gasteiger charge is -2.09. The van der Waals surface area contributed by atoms with Crippen molar-refractivity contribution in [1.82, 2.24) is 9.66 Å². The molecule has 5 aromatic rings. The number of fused-ring (bicyclic) bond motifs is 1. The van der Waals surface area contributed by atoms with Crippen molar-refractivity contribution in [3.8, 4) is 22.7 Å². The number of hydrogen-bond donors (Lipinski definition) is 0. The summed E-state index contributed by atoms with van der Waals surface area (Å²) in [6, 6.07) is 25.9. The topological polar surface area (TPSA) is 60.4 Å². The van der Waals surface area contributed by atoms with Gasteiger partial charge in [0, 0.05) is 15.6 Å². The molecule has 0 unspecified atom stereocenters. The predicted molar refractivity (Wildman–Crippen MR) is 131 cm³/mol. The van der Waals surface area contributed by atoms with Crippen molar-refractivity contribution < 1.29 is 4.42 Å². The molecule has 156 valence electrons. The minimum atomic E-state index is -0.253. The van der Waals surface area contributed by atoms with Gasteiger partial charge in [0.25, 0.3) is 5.56 Å². The highest BCUT2D eigenvalue weighted by Gasteiger charge is 2.12. The molecule has 0 aliphatic heterocycles. The van der Waals surface area contributed by atoms with Crippen LogP contribution >= 0.6 is 27.5 Å². The zero-order chi connectivity index (χ0) is 22.1. The van der Waals surface area contributed by atoms with Crippen LogP contribution in [-0.4, -0.2) is 15.9 Å². The summed E-state index contributed by atoms with van der Waals surface area (Å²) in [5.74, 6) is 1.60. The SMILES string of the molecule is O=c1c2ccccc2nc(-c2ccccc2)n1N=Cc1ccc(-c2ccc(Br)c(Cl)c2)o1. The van der Waals surface area contributed by atoms with Gasteiger partial charge in [0.05, 0.1) is 22.1 Å². The normalized spacial score (nSPS) is 11.4. The highest BCUT2D eigenvalue weighted by Crippen LogP contribution is 2.29. The van der Waals surface area contributed by atoms with Crippen molar-refractivity contribution in [1.29, 1.82) is 0 Å². The van der Waals surface area contributed by atoms with Gasteiger partial charge in [0.2, 0.25) is 0 Å². The van der Waals surface area contributed by atoms with Crippen molar-refractivity contribution in [3.63, 3.8) is 0 Å². The van der Waals surface area contributed by atoms with E-state index in [0.29, 0.717) is 33.3 Å². The van der Waals surface area contributed by atoms with Gasteiger partial charge in [-0.3, -0.25) is 4.79 Å². The molecule has 0 saturated carbocycles. The number of nitrogens with zero attached hydrogens (tertiary/aromatic N) is 3. The molecule has 2 aromatic heterocycles. The van der Waals surface area contributed by atoms with E-state index >= 15 is 0 Å². The first-order valence-electron chi connectivity index (χ1n) is 9.77. The Bertz CT molecular complexity index is 1520. The van der Waals surface area contributed by atoms with E-state index < -0.39 is 0 Å². The third-order valence-corrected chi connectivity index (χ3v) is 6.15. The van der Waals surface area contributed by atoms with E-state index in [2.05, 4.69) is 26.0 Å². The Morgan fingerprint density at radius 1 is 0.938 bits per heavy atom. The summed E-state index contributed by atoms with van der Waals surface area (Å²) in [6.07, 6.45) is 1.51. The summed E-state index contributed by atoms with van der Waals surface area (Å²) in [6.45, 7) is 0. The van der Waals surface area contributed by atoms with Crippen molar-refractivity contribution in [2.45, 2.75) is 0 Å². The van der Waals surface area contributed by atoms with Crippen LogP contribution in [0.5, 0.6) is 0 Å². The van der Waals surface area contributed by atoms with E-state index in [0.717, 1.165) is 15.6 Å². The molecule has 7 heteroatoms. The Morgan fingerprint density at radius 3 is 2.53 bits per heavy atom. The van der Waals surface area contributed by atoms with Crippen molar-refractivity contribution in [2.24, 2.45) is 5.10 Å². The molecule has 32 heavy (non-hydrogen) atoms. The molecule has 5 nitrogen and oxygen atoms in total. The van der Waals surface area contributed by atoms with Gasteiger partial charge in [-0.05, 0) is 52.3 Å². The Hall–Kier alpha value is -3.48. The van der Waals surface area contributed by atoms with Crippen LogP contribution in [0.15, 0.2) is 104 Å². The van der Waals surface area contributed by atoms with Crippen LogP contribution in [0.4, 0.5) is 0 Å². The van der Waals surface area contributed by atoms with Crippen LogP contribution in [0.25, 0.3) is 33.6 Å². The highest BCUT2D eigenvalue weighted by atomic mass is 79.9. The maximum absolute atomic E-state index is 13.2. The first-order valence-corrected chi connectivity index (χ1v) is 10.9. The Kier molecular flexibility index (Phi) is 5.47. The minimum Gasteiger partial charge on any atom is -0.455 e. The molecule has 0 aliphatic rings. The molecule has 0 atom stereocenters. The van der Waals surface area contributed by atoms with Crippen LogP contribution < -0.4 is 5.56 Å². The molecule has 0 spiro atoms. The average Bonchev–Trinajstić information content (AvgIpc) is 3.30. The third kappa shape index (κ3) is 3.90. The van der Waals surface area contributed by atoms with E-state index in [9.17, 15) is 4.79 Å². The molecule has 5 rings (SSSR count). The summed E-state index contributed by atoms with van der Waals surface area (Å²) >= 11 is 9.58. The van der Waals surface area contributed by atoms with E-state index in [1.165, 1.54) is 10.9 Å². The van der Waals surface area contributed by atoms with Crippen molar-refractivity contribution in [3.05, 3.63) is 111 Å². The minimum absolute atomic E-state index is 0.253. The fourth-order valence-electron chi connectivity index (χ4n) is 3.35. The van der Waals surface area contributed by atoms with Crippen LogP contribution in [0, 0.1) is 0 Å². The van der Waals surface area contributed by atoms with Crippen LogP contribution in [0.2, 0.25) is 5.02 Å². The lowest BCUT2D eigenvalue weighted by Crippen LogP contribution is -2.20. The van der Waals surface area contributed by atoms with Crippen LogP contribution in [-0.2, 0) is 0 Å². The Labute approximate surface area is 196 Å². The van der Waals surface area contributed by atoms with Crippen molar-refractivity contribution >= 4 is 44.6 Å². The second-order valence-electron chi connectivity index (χ2n) is 7.01. The van der Waals surface area contributed by atoms with E-state index in [1.807, 2.05) is 72.8 Å². The lowest BCUT2D eigenvalue weighted by atomic mass is 10.2. The second-order valence-corrected chi connectivity index (χ2v) is 8.27. The number of hydrogen-bond acceptors (Lipinski definition) is 4. The number of para-hydroxylation sites is 1. The fraction of sp³-hybridized carbons (Fsp3) is 0. The van der Waals surface area contributed by atoms with Gasteiger partial charge in [0.1, 0.15) is 11.5 Å². The summed E-state index contributed by atoms with van der Waals surface area (Å²) in [7, 11) is 0. The molecule has 0 fully saturated rings. The smallest absolute Gasteiger partial charge is 0.282 e. The zero-order valence-corrected chi connectivity index (χ0v) is 18.9. The number of rotatable bonds is 4.